The first-order chi connectivity index (χ1) is 10.4. The number of rotatable bonds is 5. The van der Waals surface area contributed by atoms with E-state index in [4.69, 9.17) is 0 Å². The average molecular weight is 318 g/mol. The summed E-state index contributed by atoms with van der Waals surface area (Å²) in [5, 5.41) is 11.5. The van der Waals surface area contributed by atoms with E-state index in [1.165, 1.54) is 17.3 Å². The lowest BCUT2D eigenvalue weighted by Crippen LogP contribution is -2.23. The molecule has 1 aromatic carbocycles. The number of benzene rings is 1. The predicted molar refractivity (Wildman–Crippen MR) is 90.3 cm³/mol. The van der Waals surface area contributed by atoms with Crippen LogP contribution in [-0.4, -0.2) is 25.9 Å². The summed E-state index contributed by atoms with van der Waals surface area (Å²) >= 11 is 1.42. The molecule has 0 fully saturated rings. The van der Waals surface area contributed by atoms with Gasteiger partial charge in [-0.3, -0.25) is 4.79 Å². The second kappa shape index (κ2) is 6.96. The highest BCUT2D eigenvalue weighted by Gasteiger charge is 2.19. The standard InChI is InChI=1S/C16H22N4OS/c1-10(2)20-9-17-19-16(20)22-13(5)15(21)18-14-7-6-11(3)8-12(14)4/h6-10,13H,1-5H3,(H,18,21). The van der Waals surface area contributed by atoms with Gasteiger partial charge in [0.05, 0.1) is 5.25 Å². The first-order valence-electron chi connectivity index (χ1n) is 7.32. The molecule has 0 saturated carbocycles. The molecule has 2 aromatic rings. The molecule has 6 heteroatoms. The lowest BCUT2D eigenvalue weighted by molar-refractivity contribution is -0.115. The van der Waals surface area contributed by atoms with Crippen LogP contribution >= 0.6 is 11.8 Å². The fraction of sp³-hybridized carbons (Fsp3) is 0.438. The first-order valence-corrected chi connectivity index (χ1v) is 8.20. The van der Waals surface area contributed by atoms with E-state index in [2.05, 4.69) is 35.4 Å². The Bertz CT molecular complexity index is 666. The molecule has 0 spiro atoms. The molecule has 0 saturated heterocycles. The van der Waals surface area contributed by atoms with Gasteiger partial charge in [-0.15, -0.1) is 10.2 Å². The molecule has 0 aliphatic carbocycles. The molecule has 0 aliphatic rings. The Kier molecular flexibility index (Phi) is 5.24. The number of aromatic nitrogens is 3. The fourth-order valence-corrected chi connectivity index (χ4v) is 3.03. The van der Waals surface area contributed by atoms with Gasteiger partial charge in [0.25, 0.3) is 0 Å². The lowest BCUT2D eigenvalue weighted by atomic mass is 10.1. The number of thioether (sulfide) groups is 1. The molecule has 1 N–H and O–H groups in total. The molecule has 2 rings (SSSR count). The van der Waals surface area contributed by atoms with Crippen molar-refractivity contribution in [3.05, 3.63) is 35.7 Å². The molecule has 1 heterocycles. The number of hydrogen-bond acceptors (Lipinski definition) is 4. The minimum absolute atomic E-state index is 0.0322. The Balaban J connectivity index is 2.04. The number of amides is 1. The number of nitrogens with one attached hydrogen (secondary N) is 1. The zero-order valence-corrected chi connectivity index (χ0v) is 14.4. The third-order valence-electron chi connectivity index (χ3n) is 3.39. The van der Waals surface area contributed by atoms with E-state index in [1.807, 2.05) is 37.5 Å². The van der Waals surface area contributed by atoms with Crippen molar-refractivity contribution in [2.24, 2.45) is 0 Å². The monoisotopic (exact) mass is 318 g/mol. The molecule has 1 amide bonds. The summed E-state index contributed by atoms with van der Waals surface area (Å²) < 4.78 is 1.96. The van der Waals surface area contributed by atoms with Crippen LogP contribution in [-0.2, 0) is 4.79 Å². The van der Waals surface area contributed by atoms with Gasteiger partial charge in [0.15, 0.2) is 5.16 Å². The number of hydrogen-bond donors (Lipinski definition) is 1. The largest absolute Gasteiger partial charge is 0.325 e. The molecule has 0 aliphatic heterocycles. The van der Waals surface area contributed by atoms with E-state index in [0.717, 1.165) is 16.4 Å². The fourth-order valence-electron chi connectivity index (χ4n) is 2.07. The highest BCUT2D eigenvalue weighted by Crippen LogP contribution is 2.25. The van der Waals surface area contributed by atoms with Crippen LogP contribution in [0.25, 0.3) is 0 Å². The van der Waals surface area contributed by atoms with Gasteiger partial charge in [0, 0.05) is 11.7 Å². The highest BCUT2D eigenvalue weighted by atomic mass is 32.2. The smallest absolute Gasteiger partial charge is 0.237 e. The molecule has 118 valence electrons. The van der Waals surface area contributed by atoms with Crippen molar-refractivity contribution < 1.29 is 4.79 Å². The van der Waals surface area contributed by atoms with Crippen molar-refractivity contribution in [3.63, 3.8) is 0 Å². The highest BCUT2D eigenvalue weighted by molar-refractivity contribution is 8.00. The number of nitrogens with zero attached hydrogens (tertiary/aromatic N) is 3. The van der Waals surface area contributed by atoms with E-state index in [1.54, 1.807) is 6.33 Å². The molecule has 5 nitrogen and oxygen atoms in total. The van der Waals surface area contributed by atoms with E-state index in [9.17, 15) is 4.79 Å². The molecule has 1 atom stereocenters. The minimum Gasteiger partial charge on any atom is -0.325 e. The molecule has 22 heavy (non-hydrogen) atoms. The number of carbonyl (C=O) groups is 1. The zero-order chi connectivity index (χ0) is 16.3. The minimum atomic E-state index is -0.248. The third kappa shape index (κ3) is 3.88. The van der Waals surface area contributed by atoms with Gasteiger partial charge >= 0.3 is 0 Å². The Morgan fingerprint density at radius 3 is 2.64 bits per heavy atom. The summed E-state index contributed by atoms with van der Waals surface area (Å²) in [6, 6.07) is 6.27. The molecule has 0 bridgehead atoms. The summed E-state index contributed by atoms with van der Waals surface area (Å²) in [7, 11) is 0. The number of anilines is 1. The van der Waals surface area contributed by atoms with Crippen LogP contribution in [0.15, 0.2) is 29.7 Å². The normalized spacial score (nSPS) is 12.5. The van der Waals surface area contributed by atoms with Crippen molar-refractivity contribution >= 4 is 23.4 Å². The Morgan fingerprint density at radius 2 is 2.00 bits per heavy atom. The average Bonchev–Trinajstić information content (AvgIpc) is 2.90. The van der Waals surface area contributed by atoms with Crippen LogP contribution in [0.5, 0.6) is 0 Å². The van der Waals surface area contributed by atoms with Crippen LogP contribution in [0.4, 0.5) is 5.69 Å². The van der Waals surface area contributed by atoms with Crippen molar-refractivity contribution in [1.82, 2.24) is 14.8 Å². The Morgan fingerprint density at radius 1 is 1.27 bits per heavy atom. The summed E-state index contributed by atoms with van der Waals surface area (Å²) in [6.45, 7) is 10.0. The SMILES string of the molecule is Cc1ccc(NC(=O)C(C)Sc2nncn2C(C)C)c(C)c1. The number of carbonyl (C=O) groups excluding carboxylic acids is 1. The van der Waals surface area contributed by atoms with E-state index < -0.39 is 0 Å². The van der Waals surface area contributed by atoms with E-state index in [0.29, 0.717) is 0 Å². The van der Waals surface area contributed by atoms with Crippen molar-refractivity contribution in [2.75, 3.05) is 5.32 Å². The lowest BCUT2D eigenvalue weighted by Gasteiger charge is -2.15. The van der Waals surface area contributed by atoms with E-state index >= 15 is 0 Å². The molecule has 0 radical (unpaired) electrons. The quantitative estimate of drug-likeness (QED) is 0.856. The van der Waals surface area contributed by atoms with Gasteiger partial charge in [-0.25, -0.2) is 0 Å². The molecular formula is C16H22N4OS. The summed E-state index contributed by atoms with van der Waals surface area (Å²) in [5.74, 6) is -0.0322. The van der Waals surface area contributed by atoms with Gasteiger partial charge in [-0.05, 0) is 46.2 Å². The van der Waals surface area contributed by atoms with Crippen molar-refractivity contribution in [3.8, 4) is 0 Å². The third-order valence-corrected chi connectivity index (χ3v) is 4.46. The predicted octanol–water partition coefficient (Wildman–Crippen LogP) is 3.60. The van der Waals surface area contributed by atoms with E-state index in [-0.39, 0.29) is 17.2 Å². The number of aryl methyl sites for hydroxylation is 2. The molecular weight excluding hydrogens is 296 g/mol. The molecule has 1 aromatic heterocycles. The Labute approximate surface area is 135 Å². The van der Waals surface area contributed by atoms with Crippen molar-refractivity contribution in [1.29, 1.82) is 0 Å². The maximum atomic E-state index is 12.4. The summed E-state index contributed by atoms with van der Waals surface area (Å²) in [5.41, 5.74) is 3.10. The maximum absolute atomic E-state index is 12.4. The van der Waals surface area contributed by atoms with Crippen LogP contribution < -0.4 is 5.32 Å². The summed E-state index contributed by atoms with van der Waals surface area (Å²) in [6.07, 6.45) is 1.70. The van der Waals surface area contributed by atoms with Gasteiger partial charge in [0.2, 0.25) is 5.91 Å². The topological polar surface area (TPSA) is 59.8 Å². The first kappa shape index (κ1) is 16.5. The van der Waals surface area contributed by atoms with Gasteiger partial charge in [0.1, 0.15) is 6.33 Å². The zero-order valence-electron chi connectivity index (χ0n) is 13.6. The maximum Gasteiger partial charge on any atom is 0.237 e. The van der Waals surface area contributed by atoms with Gasteiger partial charge in [-0.1, -0.05) is 29.5 Å². The van der Waals surface area contributed by atoms with Crippen LogP contribution in [0.1, 0.15) is 37.9 Å². The van der Waals surface area contributed by atoms with Crippen LogP contribution in [0, 0.1) is 13.8 Å². The molecule has 1 unspecified atom stereocenters. The second-order valence-electron chi connectivity index (χ2n) is 5.68. The van der Waals surface area contributed by atoms with Gasteiger partial charge < -0.3 is 9.88 Å². The second-order valence-corrected chi connectivity index (χ2v) is 6.99. The van der Waals surface area contributed by atoms with Crippen LogP contribution in [0.2, 0.25) is 0 Å². The van der Waals surface area contributed by atoms with Crippen molar-refractivity contribution in [2.45, 2.75) is 51.1 Å². The van der Waals surface area contributed by atoms with Gasteiger partial charge in [-0.2, -0.15) is 0 Å². The Hall–Kier alpha value is -1.82. The van der Waals surface area contributed by atoms with Crippen LogP contribution in [0.3, 0.4) is 0 Å². The summed E-state index contributed by atoms with van der Waals surface area (Å²) in [4.78, 5) is 12.4.